The fraction of sp³-hybridized carbons (Fsp3) is 0.308. The Hall–Kier alpha value is -3.74. The number of nitrogens with zero attached hydrogens (tertiary/aromatic N) is 2. The number of fused-ring (bicyclic) bond motifs is 2. The fourth-order valence-corrected chi connectivity index (χ4v) is 4.07. The van der Waals surface area contributed by atoms with Crippen molar-refractivity contribution in [3.05, 3.63) is 85.8 Å². The average molecular weight is 447 g/mol. The number of carbonyl (C=O) groups excluding carboxylic acids is 1. The van der Waals surface area contributed by atoms with Crippen LogP contribution in [0.3, 0.4) is 0 Å². The second-order valence-corrected chi connectivity index (χ2v) is 8.58. The van der Waals surface area contributed by atoms with Gasteiger partial charge in [-0.25, -0.2) is 9.78 Å². The van der Waals surface area contributed by atoms with Crippen molar-refractivity contribution in [2.75, 3.05) is 0 Å². The number of benzene rings is 2. The second kappa shape index (κ2) is 9.02. The molecule has 0 amide bonds. The van der Waals surface area contributed by atoms with Crippen molar-refractivity contribution in [3.63, 3.8) is 0 Å². The highest BCUT2D eigenvalue weighted by Gasteiger charge is 2.14. The molecule has 0 radical (unpaired) electrons. The van der Waals surface area contributed by atoms with Crippen molar-refractivity contribution in [1.82, 2.24) is 9.55 Å². The number of carbonyl (C=O) groups is 1. The van der Waals surface area contributed by atoms with E-state index < -0.39 is 11.6 Å². The molecule has 7 nitrogen and oxygen atoms in total. The minimum Gasteiger partial charge on any atom is -0.461 e. The highest BCUT2D eigenvalue weighted by atomic mass is 16.5. The molecule has 0 saturated heterocycles. The maximum atomic E-state index is 12.7. The third kappa shape index (κ3) is 4.58. The Balaban J connectivity index is 1.50. The summed E-state index contributed by atoms with van der Waals surface area (Å²) in [7, 11) is 0. The molecular formula is C26H26N2O5. The summed E-state index contributed by atoms with van der Waals surface area (Å²) in [5.41, 5.74) is 4.14. The van der Waals surface area contributed by atoms with Crippen LogP contribution >= 0.6 is 0 Å². The van der Waals surface area contributed by atoms with Crippen molar-refractivity contribution in [3.8, 4) is 0 Å². The van der Waals surface area contributed by atoms with Crippen molar-refractivity contribution in [2.45, 2.75) is 53.2 Å². The molecule has 7 heteroatoms. The second-order valence-electron chi connectivity index (χ2n) is 8.58. The van der Waals surface area contributed by atoms with Crippen LogP contribution in [0, 0.1) is 13.8 Å². The number of rotatable bonds is 6. The van der Waals surface area contributed by atoms with Crippen LogP contribution in [0.4, 0.5) is 0 Å². The van der Waals surface area contributed by atoms with Crippen molar-refractivity contribution in [2.24, 2.45) is 0 Å². The highest BCUT2D eigenvalue weighted by molar-refractivity contribution is 5.82. The molecule has 170 valence electrons. The molecule has 4 rings (SSSR count). The predicted octanol–water partition coefficient (Wildman–Crippen LogP) is 4.38. The first-order valence-corrected chi connectivity index (χ1v) is 10.9. The molecule has 2 heterocycles. The molecule has 2 aromatic carbocycles. The minimum atomic E-state index is -0.491. The molecule has 0 N–H and O–H groups in total. The monoisotopic (exact) mass is 446 g/mol. The lowest BCUT2D eigenvalue weighted by atomic mass is 9.95. The molecular weight excluding hydrogens is 420 g/mol. The van der Waals surface area contributed by atoms with E-state index >= 15 is 0 Å². The van der Waals surface area contributed by atoms with Gasteiger partial charge in [0, 0.05) is 23.6 Å². The van der Waals surface area contributed by atoms with Crippen LogP contribution in [0.15, 0.2) is 56.7 Å². The number of hydrogen-bond donors (Lipinski definition) is 0. The van der Waals surface area contributed by atoms with Crippen LogP contribution < -0.4 is 11.2 Å². The van der Waals surface area contributed by atoms with Gasteiger partial charge in [-0.2, -0.15) is 0 Å². The van der Waals surface area contributed by atoms with Gasteiger partial charge in [0.05, 0.1) is 23.7 Å². The zero-order chi connectivity index (χ0) is 23.7. The van der Waals surface area contributed by atoms with Crippen LogP contribution in [-0.2, 0) is 22.7 Å². The molecule has 0 aliphatic heterocycles. The lowest BCUT2D eigenvalue weighted by Crippen LogP contribution is -2.22. The third-order valence-corrected chi connectivity index (χ3v) is 5.84. The van der Waals surface area contributed by atoms with E-state index in [2.05, 4.69) is 18.8 Å². The molecule has 0 spiro atoms. The molecule has 0 atom stereocenters. The van der Waals surface area contributed by atoms with E-state index in [1.54, 1.807) is 6.07 Å². The van der Waals surface area contributed by atoms with E-state index in [0.717, 1.165) is 22.1 Å². The van der Waals surface area contributed by atoms with Gasteiger partial charge in [-0.1, -0.05) is 26.0 Å². The van der Waals surface area contributed by atoms with Gasteiger partial charge in [-0.15, -0.1) is 0 Å². The van der Waals surface area contributed by atoms with Crippen LogP contribution in [0.25, 0.3) is 21.9 Å². The number of para-hydroxylation sites is 1. The van der Waals surface area contributed by atoms with E-state index in [-0.39, 0.29) is 25.1 Å². The number of aromatic nitrogens is 2. The Labute approximate surface area is 190 Å². The molecule has 2 aromatic heterocycles. The van der Waals surface area contributed by atoms with Gasteiger partial charge in [-0.3, -0.25) is 14.2 Å². The largest absolute Gasteiger partial charge is 0.461 e. The van der Waals surface area contributed by atoms with Crippen molar-refractivity contribution in [1.29, 1.82) is 0 Å². The third-order valence-electron chi connectivity index (χ3n) is 5.84. The predicted molar refractivity (Wildman–Crippen MR) is 126 cm³/mol. The Bertz CT molecular complexity index is 1480. The number of ether oxygens (including phenoxy) is 1. The summed E-state index contributed by atoms with van der Waals surface area (Å²) in [6, 6.07) is 10.6. The van der Waals surface area contributed by atoms with Crippen LogP contribution in [0.1, 0.15) is 48.4 Å². The Morgan fingerprint density at radius 1 is 1.09 bits per heavy atom. The van der Waals surface area contributed by atoms with E-state index in [1.807, 2.05) is 38.1 Å². The normalized spacial score (nSPS) is 11.4. The molecule has 0 aliphatic rings. The minimum absolute atomic E-state index is 0.00857. The number of aryl methyl sites for hydroxylation is 3. The quantitative estimate of drug-likeness (QED) is 0.323. The summed E-state index contributed by atoms with van der Waals surface area (Å²) in [4.78, 5) is 41.5. The molecule has 0 aliphatic carbocycles. The van der Waals surface area contributed by atoms with Crippen LogP contribution in [0.5, 0.6) is 0 Å². The van der Waals surface area contributed by atoms with Gasteiger partial charge in [0.15, 0.2) is 0 Å². The van der Waals surface area contributed by atoms with E-state index in [9.17, 15) is 14.4 Å². The molecule has 0 bridgehead atoms. The molecule has 0 saturated carbocycles. The van der Waals surface area contributed by atoms with E-state index in [0.29, 0.717) is 28.0 Å². The first-order valence-electron chi connectivity index (χ1n) is 10.9. The topological polar surface area (TPSA) is 91.4 Å². The fourth-order valence-electron chi connectivity index (χ4n) is 4.07. The van der Waals surface area contributed by atoms with Crippen molar-refractivity contribution < 1.29 is 13.9 Å². The van der Waals surface area contributed by atoms with E-state index in [1.165, 1.54) is 17.0 Å². The summed E-state index contributed by atoms with van der Waals surface area (Å²) >= 11 is 0. The zero-order valence-corrected chi connectivity index (χ0v) is 19.2. The first-order chi connectivity index (χ1) is 15.7. The highest BCUT2D eigenvalue weighted by Crippen LogP contribution is 2.27. The van der Waals surface area contributed by atoms with Gasteiger partial charge in [0.1, 0.15) is 12.2 Å². The summed E-state index contributed by atoms with van der Waals surface area (Å²) in [6.45, 7) is 8.17. The van der Waals surface area contributed by atoms with E-state index in [4.69, 9.17) is 9.15 Å². The average Bonchev–Trinajstić information content (AvgIpc) is 2.76. The number of hydrogen-bond acceptors (Lipinski definition) is 6. The first kappa shape index (κ1) is 22.5. The molecule has 33 heavy (non-hydrogen) atoms. The summed E-state index contributed by atoms with van der Waals surface area (Å²) < 4.78 is 12.2. The van der Waals surface area contributed by atoms with Crippen LogP contribution in [0.2, 0.25) is 0 Å². The molecule has 4 aromatic rings. The Kier molecular flexibility index (Phi) is 6.14. The Morgan fingerprint density at radius 3 is 2.64 bits per heavy atom. The smallest absolute Gasteiger partial charge is 0.336 e. The lowest BCUT2D eigenvalue weighted by Gasteiger charge is -2.13. The standard InChI is InChI=1S/C26H26N2O5/c1-15(2)20-12-21-18(11-24(30)33-22(21)10-17(20)4)13-32-23(29)8-9-28-14-27-25-16(3)6-5-7-19(25)26(28)31/h5-7,10-12,14-15H,8-9,13H2,1-4H3. The van der Waals surface area contributed by atoms with Crippen molar-refractivity contribution >= 4 is 27.8 Å². The summed E-state index contributed by atoms with van der Waals surface area (Å²) in [5, 5.41) is 1.27. The van der Waals surface area contributed by atoms with Gasteiger partial charge in [0.25, 0.3) is 5.56 Å². The summed E-state index contributed by atoms with van der Waals surface area (Å²) in [5.74, 6) is -0.168. The molecule has 0 unspecified atom stereocenters. The maximum absolute atomic E-state index is 12.7. The van der Waals surface area contributed by atoms with Gasteiger partial charge < -0.3 is 9.15 Å². The Morgan fingerprint density at radius 2 is 1.88 bits per heavy atom. The van der Waals surface area contributed by atoms with Gasteiger partial charge in [0.2, 0.25) is 0 Å². The van der Waals surface area contributed by atoms with Gasteiger partial charge >= 0.3 is 11.6 Å². The summed E-state index contributed by atoms with van der Waals surface area (Å²) in [6.07, 6.45) is 1.46. The lowest BCUT2D eigenvalue weighted by molar-refractivity contribution is -0.145. The van der Waals surface area contributed by atoms with Crippen LogP contribution in [-0.4, -0.2) is 15.5 Å². The SMILES string of the molecule is Cc1cc2oc(=O)cc(COC(=O)CCn3cnc4c(C)cccc4c3=O)c2cc1C(C)C. The maximum Gasteiger partial charge on any atom is 0.336 e. The molecule has 0 fully saturated rings. The number of esters is 1. The zero-order valence-electron chi connectivity index (χ0n) is 19.2. The van der Waals surface area contributed by atoms with Gasteiger partial charge in [-0.05, 0) is 54.7 Å².